The number of rotatable bonds is 6. The van der Waals surface area contributed by atoms with Crippen LogP contribution in [0.2, 0.25) is 0 Å². The molecule has 2 amide bonds. The highest BCUT2D eigenvalue weighted by Crippen LogP contribution is 2.32. The van der Waals surface area contributed by atoms with E-state index in [2.05, 4.69) is 0 Å². The molecule has 0 aliphatic heterocycles. The van der Waals surface area contributed by atoms with Crippen molar-refractivity contribution in [2.75, 3.05) is 13.7 Å². The van der Waals surface area contributed by atoms with Gasteiger partial charge < -0.3 is 15.4 Å². The van der Waals surface area contributed by atoms with E-state index in [9.17, 15) is 22.8 Å². The Kier molecular flexibility index (Phi) is 8.83. The molecule has 0 atom stereocenters. The smallest absolute Gasteiger partial charge is 0.417 e. The number of primary amides is 1. The van der Waals surface area contributed by atoms with Gasteiger partial charge in [-0.2, -0.15) is 13.2 Å². The fourth-order valence-corrected chi connectivity index (χ4v) is 2.85. The first-order valence-electron chi connectivity index (χ1n) is 9.59. The van der Waals surface area contributed by atoms with Crippen LogP contribution >= 0.6 is 0 Å². The summed E-state index contributed by atoms with van der Waals surface area (Å²) in [6, 6.07) is 23.1. The predicted molar refractivity (Wildman–Crippen MR) is 115 cm³/mol. The normalized spacial score (nSPS) is 10.5. The molecule has 0 saturated carbocycles. The maximum Gasteiger partial charge on any atom is 0.417 e. The van der Waals surface area contributed by atoms with Gasteiger partial charge in [0, 0.05) is 6.54 Å². The standard InChI is InChI=1S/C18H17F3N2O3.C6H6/c1-26-13-6-4-5-12(9-13)10-23(11-16(22)24)17(25)14-7-2-3-8-15(14)18(19,20)21;1-2-4-6-5-3-1/h2-9H,10-11H2,1H3,(H2,22,24);1-6H. The predicted octanol–water partition coefficient (Wildman–Crippen LogP) is 4.53. The lowest BCUT2D eigenvalue weighted by Crippen LogP contribution is -2.38. The number of benzene rings is 3. The van der Waals surface area contributed by atoms with Crippen LogP contribution in [0.15, 0.2) is 84.9 Å². The van der Waals surface area contributed by atoms with Crippen LogP contribution in [-0.2, 0) is 17.5 Å². The Bertz CT molecular complexity index is 998. The summed E-state index contributed by atoms with van der Waals surface area (Å²) in [5.74, 6) is -1.24. The van der Waals surface area contributed by atoms with E-state index < -0.39 is 35.7 Å². The van der Waals surface area contributed by atoms with Gasteiger partial charge in [-0.3, -0.25) is 9.59 Å². The lowest BCUT2D eigenvalue weighted by molar-refractivity contribution is -0.138. The summed E-state index contributed by atoms with van der Waals surface area (Å²) in [6.07, 6.45) is -4.69. The topological polar surface area (TPSA) is 72.6 Å². The van der Waals surface area contributed by atoms with Crippen molar-refractivity contribution < 1.29 is 27.5 Å². The second-order valence-electron chi connectivity index (χ2n) is 6.68. The number of amides is 2. The van der Waals surface area contributed by atoms with E-state index >= 15 is 0 Å². The zero-order valence-corrected chi connectivity index (χ0v) is 17.4. The van der Waals surface area contributed by atoms with Gasteiger partial charge in [-0.1, -0.05) is 60.7 Å². The summed E-state index contributed by atoms with van der Waals surface area (Å²) >= 11 is 0. The number of nitrogens with two attached hydrogens (primary N) is 1. The molecule has 0 saturated heterocycles. The van der Waals surface area contributed by atoms with Crippen LogP contribution in [0.25, 0.3) is 0 Å². The Hall–Kier alpha value is -3.81. The monoisotopic (exact) mass is 444 g/mol. The molecule has 0 aromatic heterocycles. The molecular formula is C24H23F3N2O3. The van der Waals surface area contributed by atoms with Gasteiger partial charge in [-0.25, -0.2) is 0 Å². The van der Waals surface area contributed by atoms with E-state index in [0.717, 1.165) is 17.0 Å². The Balaban J connectivity index is 0.000000520. The molecule has 168 valence electrons. The second kappa shape index (κ2) is 11.5. The minimum absolute atomic E-state index is 0.0921. The zero-order chi connectivity index (χ0) is 23.6. The number of ether oxygens (including phenoxy) is 1. The molecule has 0 fully saturated rings. The highest BCUT2D eigenvalue weighted by Gasteiger charge is 2.36. The molecule has 0 spiro atoms. The number of halogens is 3. The van der Waals surface area contributed by atoms with E-state index in [4.69, 9.17) is 10.5 Å². The van der Waals surface area contributed by atoms with Gasteiger partial charge in [0.1, 0.15) is 5.75 Å². The molecule has 0 aliphatic carbocycles. The minimum atomic E-state index is -4.69. The summed E-state index contributed by atoms with van der Waals surface area (Å²) in [4.78, 5) is 25.0. The van der Waals surface area contributed by atoms with E-state index in [-0.39, 0.29) is 6.54 Å². The van der Waals surface area contributed by atoms with Gasteiger partial charge in [0.25, 0.3) is 5.91 Å². The van der Waals surface area contributed by atoms with Crippen molar-refractivity contribution in [2.45, 2.75) is 12.7 Å². The molecule has 3 rings (SSSR count). The van der Waals surface area contributed by atoms with E-state index in [0.29, 0.717) is 11.3 Å². The van der Waals surface area contributed by atoms with Crippen LogP contribution < -0.4 is 10.5 Å². The maximum absolute atomic E-state index is 13.2. The molecule has 0 unspecified atom stereocenters. The van der Waals surface area contributed by atoms with Gasteiger partial charge in [-0.05, 0) is 29.8 Å². The highest BCUT2D eigenvalue weighted by molar-refractivity contribution is 5.97. The van der Waals surface area contributed by atoms with Crippen molar-refractivity contribution in [1.29, 1.82) is 0 Å². The van der Waals surface area contributed by atoms with Crippen molar-refractivity contribution in [3.8, 4) is 5.75 Å². The third-order valence-corrected chi connectivity index (χ3v) is 4.27. The fraction of sp³-hybridized carbons (Fsp3) is 0.167. The van der Waals surface area contributed by atoms with Crippen LogP contribution in [0.1, 0.15) is 21.5 Å². The number of nitrogens with zero attached hydrogens (tertiary/aromatic N) is 1. The van der Waals surface area contributed by atoms with Crippen molar-refractivity contribution >= 4 is 11.8 Å². The molecule has 0 radical (unpaired) electrons. The molecule has 2 N–H and O–H groups in total. The molecule has 3 aromatic carbocycles. The van der Waals surface area contributed by atoms with E-state index in [1.165, 1.54) is 19.2 Å². The van der Waals surface area contributed by atoms with Crippen LogP contribution in [0.3, 0.4) is 0 Å². The average Bonchev–Trinajstić information content (AvgIpc) is 2.79. The first kappa shape index (κ1) is 24.5. The lowest BCUT2D eigenvalue weighted by Gasteiger charge is -2.23. The molecule has 3 aromatic rings. The van der Waals surface area contributed by atoms with Crippen molar-refractivity contribution in [1.82, 2.24) is 4.90 Å². The highest BCUT2D eigenvalue weighted by atomic mass is 19.4. The maximum atomic E-state index is 13.2. The first-order chi connectivity index (χ1) is 15.2. The van der Waals surface area contributed by atoms with Gasteiger partial charge in [0.2, 0.25) is 5.91 Å². The van der Waals surface area contributed by atoms with Gasteiger partial charge in [0.05, 0.1) is 24.8 Å². The number of alkyl halides is 3. The van der Waals surface area contributed by atoms with Crippen LogP contribution in [0.4, 0.5) is 13.2 Å². The number of hydrogen-bond donors (Lipinski definition) is 1. The Labute approximate surface area is 184 Å². The van der Waals surface area contributed by atoms with E-state index in [1.807, 2.05) is 36.4 Å². The van der Waals surface area contributed by atoms with Gasteiger partial charge in [-0.15, -0.1) is 0 Å². The molecule has 8 heteroatoms. The molecular weight excluding hydrogens is 421 g/mol. The summed E-state index contributed by atoms with van der Waals surface area (Å²) < 4.78 is 44.6. The Morgan fingerprint density at radius 3 is 2.03 bits per heavy atom. The number of methoxy groups -OCH3 is 1. The summed E-state index contributed by atoms with van der Waals surface area (Å²) in [6.45, 7) is -0.604. The van der Waals surface area contributed by atoms with E-state index in [1.54, 1.807) is 24.3 Å². The molecule has 0 heterocycles. The summed E-state index contributed by atoms with van der Waals surface area (Å²) in [5.41, 5.74) is 4.15. The number of carbonyl (C=O) groups excluding carboxylic acids is 2. The fourth-order valence-electron chi connectivity index (χ4n) is 2.85. The Morgan fingerprint density at radius 1 is 0.906 bits per heavy atom. The molecule has 0 aliphatic rings. The molecule has 32 heavy (non-hydrogen) atoms. The molecule has 0 bridgehead atoms. The van der Waals surface area contributed by atoms with Crippen LogP contribution in [-0.4, -0.2) is 30.4 Å². The zero-order valence-electron chi connectivity index (χ0n) is 17.4. The van der Waals surface area contributed by atoms with Gasteiger partial charge >= 0.3 is 6.18 Å². The summed E-state index contributed by atoms with van der Waals surface area (Å²) in [7, 11) is 1.46. The van der Waals surface area contributed by atoms with Crippen LogP contribution in [0.5, 0.6) is 5.75 Å². The molecule has 5 nitrogen and oxygen atoms in total. The second-order valence-corrected chi connectivity index (χ2v) is 6.68. The largest absolute Gasteiger partial charge is 0.497 e. The lowest BCUT2D eigenvalue weighted by atomic mass is 10.1. The SMILES string of the molecule is COc1cccc(CN(CC(N)=O)C(=O)c2ccccc2C(F)(F)F)c1.c1ccccc1. The van der Waals surface area contributed by atoms with Crippen molar-refractivity contribution in [3.63, 3.8) is 0 Å². The Morgan fingerprint density at radius 2 is 1.50 bits per heavy atom. The third-order valence-electron chi connectivity index (χ3n) is 4.27. The average molecular weight is 444 g/mol. The summed E-state index contributed by atoms with van der Waals surface area (Å²) in [5, 5.41) is 0. The quantitative estimate of drug-likeness (QED) is 0.607. The number of carbonyl (C=O) groups is 2. The van der Waals surface area contributed by atoms with Crippen molar-refractivity contribution in [3.05, 3.63) is 102 Å². The number of hydrogen-bond acceptors (Lipinski definition) is 3. The van der Waals surface area contributed by atoms with Crippen LogP contribution in [0, 0.1) is 0 Å². The van der Waals surface area contributed by atoms with Gasteiger partial charge in [0.15, 0.2) is 0 Å². The minimum Gasteiger partial charge on any atom is -0.497 e. The first-order valence-corrected chi connectivity index (χ1v) is 9.59. The van der Waals surface area contributed by atoms with Crippen molar-refractivity contribution in [2.24, 2.45) is 5.73 Å². The third kappa shape index (κ3) is 7.46.